The SMILES string of the molecule is O=C(O)C1CCN(c2ccc([N+](=O)[O-])cn2)C1. The van der Waals surface area contributed by atoms with Gasteiger partial charge in [0.15, 0.2) is 0 Å². The summed E-state index contributed by atoms with van der Waals surface area (Å²) in [5, 5.41) is 19.3. The lowest BCUT2D eigenvalue weighted by Gasteiger charge is -2.15. The van der Waals surface area contributed by atoms with Gasteiger partial charge in [0, 0.05) is 19.2 Å². The molecule has 1 N–H and O–H groups in total. The Kier molecular flexibility index (Phi) is 2.90. The van der Waals surface area contributed by atoms with Crippen LogP contribution in [-0.4, -0.2) is 34.1 Å². The Morgan fingerprint density at radius 1 is 1.59 bits per heavy atom. The number of hydrogen-bond donors (Lipinski definition) is 1. The van der Waals surface area contributed by atoms with Crippen LogP contribution in [0.2, 0.25) is 0 Å². The van der Waals surface area contributed by atoms with Crippen LogP contribution >= 0.6 is 0 Å². The number of aliphatic carboxylic acids is 1. The van der Waals surface area contributed by atoms with E-state index in [1.54, 1.807) is 6.07 Å². The van der Waals surface area contributed by atoms with Crippen molar-refractivity contribution in [1.82, 2.24) is 4.98 Å². The molecule has 0 saturated carbocycles. The lowest BCUT2D eigenvalue weighted by Crippen LogP contribution is -2.23. The fourth-order valence-electron chi connectivity index (χ4n) is 1.84. The summed E-state index contributed by atoms with van der Waals surface area (Å²) in [7, 11) is 0. The van der Waals surface area contributed by atoms with Crippen LogP contribution in [0.4, 0.5) is 11.5 Å². The highest BCUT2D eigenvalue weighted by Gasteiger charge is 2.28. The number of carbonyl (C=O) groups is 1. The third-order valence-corrected chi connectivity index (χ3v) is 2.80. The average molecular weight is 237 g/mol. The third kappa shape index (κ3) is 2.32. The van der Waals surface area contributed by atoms with Crippen molar-refractivity contribution in [2.45, 2.75) is 6.42 Å². The van der Waals surface area contributed by atoms with Crippen molar-refractivity contribution in [2.75, 3.05) is 18.0 Å². The molecule has 0 radical (unpaired) electrons. The second-order valence-corrected chi connectivity index (χ2v) is 3.90. The Balaban J connectivity index is 2.09. The molecule has 0 aromatic carbocycles. The van der Waals surface area contributed by atoms with Crippen LogP contribution in [0.1, 0.15) is 6.42 Å². The number of nitrogens with zero attached hydrogens (tertiary/aromatic N) is 3. The molecule has 1 fully saturated rings. The number of carboxylic acid groups (broad SMARTS) is 1. The van der Waals surface area contributed by atoms with Gasteiger partial charge in [0.25, 0.3) is 5.69 Å². The predicted octanol–water partition coefficient (Wildman–Crippen LogP) is 0.901. The van der Waals surface area contributed by atoms with Gasteiger partial charge in [0.1, 0.15) is 12.0 Å². The standard InChI is InChI=1S/C10H11N3O4/c14-10(15)7-3-4-12(6-7)9-2-1-8(5-11-9)13(16)17/h1-2,5,7H,3-4,6H2,(H,14,15). The molecule has 1 aliphatic rings. The molecular weight excluding hydrogens is 226 g/mol. The van der Waals surface area contributed by atoms with E-state index in [2.05, 4.69) is 4.98 Å². The normalized spacial score (nSPS) is 19.3. The molecule has 1 aromatic heterocycles. The van der Waals surface area contributed by atoms with Crippen molar-refractivity contribution >= 4 is 17.5 Å². The monoisotopic (exact) mass is 237 g/mol. The molecule has 7 nitrogen and oxygen atoms in total. The highest BCUT2D eigenvalue weighted by Crippen LogP contribution is 2.23. The van der Waals surface area contributed by atoms with Crippen molar-refractivity contribution in [3.8, 4) is 0 Å². The van der Waals surface area contributed by atoms with Gasteiger partial charge in [-0.1, -0.05) is 0 Å². The Bertz CT molecular complexity index is 445. The minimum Gasteiger partial charge on any atom is -0.481 e. The number of rotatable bonds is 3. The molecular formula is C10H11N3O4. The maximum Gasteiger partial charge on any atom is 0.308 e. The number of carboxylic acids is 1. The quantitative estimate of drug-likeness (QED) is 0.619. The second-order valence-electron chi connectivity index (χ2n) is 3.90. The second kappa shape index (κ2) is 4.36. The topological polar surface area (TPSA) is 96.6 Å². The van der Waals surface area contributed by atoms with Gasteiger partial charge in [-0.15, -0.1) is 0 Å². The zero-order valence-corrected chi connectivity index (χ0v) is 8.94. The summed E-state index contributed by atoms with van der Waals surface area (Å²) in [6, 6.07) is 2.92. The Morgan fingerprint density at radius 3 is 2.82 bits per heavy atom. The Labute approximate surface area is 96.8 Å². The molecule has 0 aliphatic carbocycles. The van der Waals surface area contributed by atoms with Gasteiger partial charge in [-0.25, -0.2) is 4.98 Å². The van der Waals surface area contributed by atoms with E-state index in [-0.39, 0.29) is 11.6 Å². The molecule has 1 aliphatic heterocycles. The van der Waals surface area contributed by atoms with Gasteiger partial charge in [0.05, 0.1) is 10.8 Å². The van der Waals surface area contributed by atoms with Crippen molar-refractivity contribution < 1.29 is 14.8 Å². The largest absolute Gasteiger partial charge is 0.481 e. The summed E-state index contributed by atoms with van der Waals surface area (Å²) >= 11 is 0. The van der Waals surface area contributed by atoms with E-state index in [0.717, 1.165) is 0 Å². The summed E-state index contributed by atoms with van der Waals surface area (Å²) in [5.41, 5.74) is -0.0669. The first-order valence-corrected chi connectivity index (χ1v) is 5.16. The highest BCUT2D eigenvalue weighted by atomic mass is 16.6. The van der Waals surface area contributed by atoms with Crippen LogP contribution in [-0.2, 0) is 4.79 Å². The fourth-order valence-corrected chi connectivity index (χ4v) is 1.84. The van der Waals surface area contributed by atoms with Crippen LogP contribution < -0.4 is 4.90 Å². The van der Waals surface area contributed by atoms with Crippen molar-refractivity contribution in [3.63, 3.8) is 0 Å². The molecule has 7 heteroatoms. The summed E-state index contributed by atoms with van der Waals surface area (Å²) in [5.74, 6) is -0.610. The first kappa shape index (κ1) is 11.3. The van der Waals surface area contributed by atoms with Crippen LogP contribution in [0, 0.1) is 16.0 Å². The summed E-state index contributed by atoms with van der Waals surface area (Å²) in [6.45, 7) is 1.02. The van der Waals surface area contributed by atoms with Crippen molar-refractivity contribution in [2.24, 2.45) is 5.92 Å². The molecule has 1 aromatic rings. The first-order valence-electron chi connectivity index (χ1n) is 5.16. The third-order valence-electron chi connectivity index (χ3n) is 2.80. The zero-order chi connectivity index (χ0) is 12.4. The molecule has 0 amide bonds. The molecule has 1 atom stereocenters. The van der Waals surface area contributed by atoms with Crippen LogP contribution in [0.15, 0.2) is 18.3 Å². The Hall–Kier alpha value is -2.18. The van der Waals surface area contributed by atoms with E-state index in [1.165, 1.54) is 12.3 Å². The maximum absolute atomic E-state index is 10.8. The Morgan fingerprint density at radius 2 is 2.35 bits per heavy atom. The van der Waals surface area contributed by atoms with Crippen LogP contribution in [0.3, 0.4) is 0 Å². The van der Waals surface area contributed by atoms with Crippen LogP contribution in [0.25, 0.3) is 0 Å². The molecule has 0 bridgehead atoms. The van der Waals surface area contributed by atoms with Gasteiger partial charge in [0.2, 0.25) is 0 Å². The summed E-state index contributed by atoms with van der Waals surface area (Å²) < 4.78 is 0. The molecule has 0 spiro atoms. The van der Waals surface area contributed by atoms with E-state index in [4.69, 9.17) is 5.11 Å². The van der Waals surface area contributed by atoms with Gasteiger partial charge in [-0.05, 0) is 12.5 Å². The number of anilines is 1. The predicted molar refractivity (Wildman–Crippen MR) is 58.8 cm³/mol. The van der Waals surface area contributed by atoms with Crippen LogP contribution in [0.5, 0.6) is 0 Å². The molecule has 2 heterocycles. The smallest absolute Gasteiger partial charge is 0.308 e. The number of pyridine rings is 1. The van der Waals surface area contributed by atoms with E-state index < -0.39 is 10.9 Å². The van der Waals surface area contributed by atoms with Crippen molar-refractivity contribution in [3.05, 3.63) is 28.4 Å². The molecule has 2 rings (SSSR count). The average Bonchev–Trinajstić information content (AvgIpc) is 2.78. The fraction of sp³-hybridized carbons (Fsp3) is 0.400. The lowest BCUT2D eigenvalue weighted by atomic mass is 10.1. The lowest BCUT2D eigenvalue weighted by molar-refractivity contribution is -0.385. The molecule has 90 valence electrons. The minimum absolute atomic E-state index is 0.0669. The molecule has 1 saturated heterocycles. The highest BCUT2D eigenvalue weighted by molar-refractivity contribution is 5.71. The van der Waals surface area contributed by atoms with Gasteiger partial charge >= 0.3 is 5.97 Å². The summed E-state index contributed by atoms with van der Waals surface area (Å²) in [6.07, 6.45) is 1.76. The van der Waals surface area contributed by atoms with E-state index in [0.29, 0.717) is 25.3 Å². The summed E-state index contributed by atoms with van der Waals surface area (Å²) in [4.78, 5) is 26.5. The van der Waals surface area contributed by atoms with Crippen molar-refractivity contribution in [1.29, 1.82) is 0 Å². The first-order chi connectivity index (χ1) is 8.08. The van der Waals surface area contributed by atoms with E-state index in [9.17, 15) is 14.9 Å². The van der Waals surface area contributed by atoms with Gasteiger partial charge in [-0.2, -0.15) is 0 Å². The van der Waals surface area contributed by atoms with E-state index >= 15 is 0 Å². The number of nitro groups is 1. The van der Waals surface area contributed by atoms with Gasteiger partial charge in [-0.3, -0.25) is 14.9 Å². The number of hydrogen-bond acceptors (Lipinski definition) is 5. The molecule has 17 heavy (non-hydrogen) atoms. The minimum atomic E-state index is -0.811. The van der Waals surface area contributed by atoms with E-state index in [1.807, 2.05) is 4.90 Å². The maximum atomic E-state index is 10.8. The zero-order valence-electron chi connectivity index (χ0n) is 8.94. The van der Waals surface area contributed by atoms with Gasteiger partial charge < -0.3 is 10.0 Å². The number of aromatic nitrogens is 1. The molecule has 1 unspecified atom stereocenters.